The molecule has 0 bridgehead atoms. The Kier molecular flexibility index (Phi) is 6.40. The van der Waals surface area contributed by atoms with Gasteiger partial charge in [0.05, 0.1) is 10.3 Å². The summed E-state index contributed by atoms with van der Waals surface area (Å²) in [5.74, 6) is 0.874. The molecule has 1 N–H and O–H groups in total. The van der Waals surface area contributed by atoms with E-state index in [4.69, 9.17) is 0 Å². The van der Waals surface area contributed by atoms with Crippen LogP contribution in [0.3, 0.4) is 0 Å². The number of nitrogens with zero attached hydrogens (tertiary/aromatic N) is 3. The molecule has 0 aliphatic heterocycles. The van der Waals surface area contributed by atoms with E-state index in [2.05, 4.69) is 34.3 Å². The first-order chi connectivity index (χ1) is 13.1. The van der Waals surface area contributed by atoms with Crippen LogP contribution in [0.5, 0.6) is 0 Å². The quantitative estimate of drug-likeness (QED) is 0.622. The minimum absolute atomic E-state index is 0.0687. The maximum absolute atomic E-state index is 12.8. The predicted molar refractivity (Wildman–Crippen MR) is 113 cm³/mol. The van der Waals surface area contributed by atoms with Gasteiger partial charge in [-0.1, -0.05) is 43.7 Å². The summed E-state index contributed by atoms with van der Waals surface area (Å²) < 4.78 is 0. The molecule has 5 nitrogen and oxygen atoms in total. The van der Waals surface area contributed by atoms with Gasteiger partial charge in [-0.2, -0.15) is 0 Å². The van der Waals surface area contributed by atoms with Crippen molar-refractivity contribution in [2.45, 2.75) is 33.1 Å². The molecule has 2 aromatic heterocycles. The van der Waals surface area contributed by atoms with E-state index in [1.807, 2.05) is 32.2 Å². The van der Waals surface area contributed by atoms with E-state index in [9.17, 15) is 4.79 Å². The van der Waals surface area contributed by atoms with Crippen molar-refractivity contribution in [3.8, 4) is 0 Å². The van der Waals surface area contributed by atoms with E-state index in [-0.39, 0.29) is 5.91 Å². The fourth-order valence-electron chi connectivity index (χ4n) is 3.05. The van der Waals surface area contributed by atoms with E-state index in [1.165, 1.54) is 16.9 Å². The first-order valence-electron chi connectivity index (χ1n) is 9.39. The number of unbranched alkanes of at least 4 members (excludes halogenated alkanes) is 1. The summed E-state index contributed by atoms with van der Waals surface area (Å²) in [6, 6.07) is 10.4. The molecule has 3 aromatic rings. The first kappa shape index (κ1) is 19.3. The number of aryl methyl sites for hydroxylation is 1. The average molecular weight is 383 g/mol. The van der Waals surface area contributed by atoms with Crippen molar-refractivity contribution in [1.29, 1.82) is 0 Å². The summed E-state index contributed by atoms with van der Waals surface area (Å²) >= 11 is 1.46. The lowest BCUT2D eigenvalue weighted by molar-refractivity contribution is 0.0797. The highest BCUT2D eigenvalue weighted by atomic mass is 32.1. The molecule has 0 saturated carbocycles. The van der Waals surface area contributed by atoms with Gasteiger partial charge in [0.2, 0.25) is 0 Å². The third-order valence-corrected chi connectivity index (χ3v) is 5.85. The number of amides is 1. The van der Waals surface area contributed by atoms with Crippen molar-refractivity contribution < 1.29 is 4.79 Å². The molecule has 0 fully saturated rings. The van der Waals surface area contributed by atoms with Crippen LogP contribution in [0.1, 0.15) is 40.6 Å². The third kappa shape index (κ3) is 4.45. The minimum Gasteiger partial charge on any atom is -0.369 e. The van der Waals surface area contributed by atoms with Crippen molar-refractivity contribution in [3.05, 3.63) is 52.7 Å². The van der Waals surface area contributed by atoms with Gasteiger partial charge in [0.25, 0.3) is 5.91 Å². The fraction of sp³-hybridized carbons (Fsp3) is 0.381. The van der Waals surface area contributed by atoms with Crippen LogP contribution in [-0.4, -0.2) is 40.9 Å². The Hall–Kier alpha value is -2.47. The van der Waals surface area contributed by atoms with Crippen LogP contribution >= 0.6 is 11.3 Å². The molecule has 0 spiro atoms. The van der Waals surface area contributed by atoms with Crippen LogP contribution in [0.15, 0.2) is 36.7 Å². The number of thiophene rings is 1. The summed E-state index contributed by atoms with van der Waals surface area (Å²) in [6.07, 6.45) is 4.57. The Morgan fingerprint density at radius 2 is 2.00 bits per heavy atom. The minimum atomic E-state index is 0.0687. The zero-order valence-electron chi connectivity index (χ0n) is 16.2. The van der Waals surface area contributed by atoms with E-state index in [0.717, 1.165) is 58.8 Å². The Labute approximate surface area is 164 Å². The average Bonchev–Trinajstić information content (AvgIpc) is 3.04. The number of fused-ring (bicyclic) bond motifs is 1. The smallest absolute Gasteiger partial charge is 0.264 e. The maximum atomic E-state index is 12.8. The monoisotopic (exact) mass is 382 g/mol. The van der Waals surface area contributed by atoms with Gasteiger partial charge >= 0.3 is 0 Å². The Morgan fingerprint density at radius 1 is 1.22 bits per heavy atom. The normalized spacial score (nSPS) is 10.9. The van der Waals surface area contributed by atoms with Gasteiger partial charge in [-0.05, 0) is 30.9 Å². The molecular formula is C21H26N4OS. The molecule has 1 amide bonds. The van der Waals surface area contributed by atoms with Crippen LogP contribution in [0.4, 0.5) is 5.82 Å². The predicted octanol–water partition coefficient (Wildman–Crippen LogP) is 4.53. The number of benzene rings is 1. The van der Waals surface area contributed by atoms with Crippen LogP contribution < -0.4 is 5.32 Å². The number of carbonyl (C=O) groups is 1. The molecule has 0 aliphatic carbocycles. The molecular weight excluding hydrogens is 356 g/mol. The zero-order chi connectivity index (χ0) is 19.2. The van der Waals surface area contributed by atoms with Crippen molar-refractivity contribution in [1.82, 2.24) is 14.9 Å². The molecule has 27 heavy (non-hydrogen) atoms. The van der Waals surface area contributed by atoms with E-state index < -0.39 is 0 Å². The highest BCUT2D eigenvalue weighted by Gasteiger charge is 2.21. The van der Waals surface area contributed by atoms with Gasteiger partial charge in [-0.15, -0.1) is 11.3 Å². The van der Waals surface area contributed by atoms with Crippen molar-refractivity contribution in [2.24, 2.45) is 0 Å². The highest BCUT2D eigenvalue weighted by molar-refractivity contribution is 7.20. The molecule has 2 heterocycles. The molecule has 0 atom stereocenters. The van der Waals surface area contributed by atoms with E-state index in [0.29, 0.717) is 0 Å². The molecule has 0 saturated heterocycles. The van der Waals surface area contributed by atoms with Crippen LogP contribution in [0, 0.1) is 6.92 Å². The molecule has 1 aromatic carbocycles. The molecule has 0 unspecified atom stereocenters. The van der Waals surface area contributed by atoms with Crippen molar-refractivity contribution >= 4 is 33.3 Å². The summed E-state index contributed by atoms with van der Waals surface area (Å²) in [5.41, 5.74) is 2.25. The van der Waals surface area contributed by atoms with Crippen LogP contribution in [0.2, 0.25) is 0 Å². The first-order valence-corrected chi connectivity index (χ1v) is 10.2. The highest BCUT2D eigenvalue weighted by Crippen LogP contribution is 2.33. The number of hydrogen-bond donors (Lipinski definition) is 1. The van der Waals surface area contributed by atoms with E-state index >= 15 is 0 Å². The summed E-state index contributed by atoms with van der Waals surface area (Å²) in [5, 5.41) is 4.38. The molecule has 0 radical (unpaired) electrons. The van der Waals surface area contributed by atoms with Crippen molar-refractivity contribution in [3.63, 3.8) is 0 Å². The van der Waals surface area contributed by atoms with Gasteiger partial charge < -0.3 is 10.2 Å². The number of rotatable bonds is 8. The lowest BCUT2D eigenvalue weighted by Crippen LogP contribution is -2.27. The molecule has 142 valence electrons. The van der Waals surface area contributed by atoms with E-state index in [1.54, 1.807) is 11.2 Å². The van der Waals surface area contributed by atoms with Gasteiger partial charge in [-0.25, -0.2) is 9.97 Å². The summed E-state index contributed by atoms with van der Waals surface area (Å²) in [7, 11) is 1.87. The van der Waals surface area contributed by atoms with Crippen LogP contribution in [0.25, 0.3) is 10.2 Å². The number of carbonyl (C=O) groups excluding carboxylic acids is 1. The zero-order valence-corrected chi connectivity index (χ0v) is 17.0. The van der Waals surface area contributed by atoms with Gasteiger partial charge in [-0.3, -0.25) is 4.79 Å². The number of nitrogens with one attached hydrogen (secondary N) is 1. The van der Waals surface area contributed by atoms with Gasteiger partial charge in [0.15, 0.2) is 0 Å². The Balaban J connectivity index is 1.79. The standard InChI is InChI=1S/C21H26N4OS/c1-4-5-13-25(3)21(26)18-15(2)17-19(23-14-24-20(17)27-18)22-12-11-16-9-7-6-8-10-16/h6-10,14H,4-5,11-13H2,1-3H3,(H,22,23,24). The molecule has 3 rings (SSSR count). The summed E-state index contributed by atoms with van der Waals surface area (Å²) in [6.45, 7) is 5.68. The largest absolute Gasteiger partial charge is 0.369 e. The second kappa shape index (κ2) is 8.95. The summed E-state index contributed by atoms with van der Waals surface area (Å²) in [4.78, 5) is 25.1. The lowest BCUT2D eigenvalue weighted by atomic mass is 10.1. The Bertz CT molecular complexity index is 907. The fourth-order valence-corrected chi connectivity index (χ4v) is 4.19. The van der Waals surface area contributed by atoms with Crippen molar-refractivity contribution in [2.75, 3.05) is 25.5 Å². The maximum Gasteiger partial charge on any atom is 0.264 e. The molecule has 0 aliphatic rings. The van der Waals surface area contributed by atoms with Crippen LogP contribution in [-0.2, 0) is 6.42 Å². The second-order valence-corrected chi connectivity index (χ2v) is 7.70. The van der Waals surface area contributed by atoms with Gasteiger partial charge in [0.1, 0.15) is 17.0 Å². The SMILES string of the molecule is CCCCN(C)C(=O)c1sc2ncnc(NCCc3ccccc3)c2c1C. The topological polar surface area (TPSA) is 58.1 Å². The second-order valence-electron chi connectivity index (χ2n) is 6.70. The lowest BCUT2D eigenvalue weighted by Gasteiger charge is -2.16. The number of hydrogen-bond acceptors (Lipinski definition) is 5. The number of anilines is 1. The third-order valence-electron chi connectivity index (χ3n) is 4.66. The van der Waals surface area contributed by atoms with Gasteiger partial charge in [0, 0.05) is 20.1 Å². The Morgan fingerprint density at radius 3 is 2.74 bits per heavy atom. The number of aromatic nitrogens is 2. The molecule has 6 heteroatoms.